The quantitative estimate of drug-likeness (QED) is 0.00509. The number of amides is 2. The Kier molecular flexibility index (Phi) is 33.3. The van der Waals surface area contributed by atoms with Gasteiger partial charge < -0.3 is 57.9 Å². The zero-order valence-corrected chi connectivity index (χ0v) is 83.1. The van der Waals surface area contributed by atoms with E-state index in [0.29, 0.717) is 63.6 Å². The van der Waals surface area contributed by atoms with E-state index in [4.69, 9.17) is 31.3 Å². The number of rotatable bonds is 24. The zero-order valence-electron chi connectivity index (χ0n) is 77.4. The van der Waals surface area contributed by atoms with Gasteiger partial charge in [-0.25, -0.2) is 69.7 Å². The number of carboxylic acids is 1. The van der Waals surface area contributed by atoms with E-state index in [0.717, 1.165) is 128 Å². The minimum absolute atomic E-state index is 0.0358. The van der Waals surface area contributed by atoms with Crippen LogP contribution in [0, 0.1) is 0 Å². The second-order valence-corrected chi connectivity index (χ2v) is 35.2. The zero-order chi connectivity index (χ0) is 102. The molecule has 0 fully saturated rings. The maximum atomic E-state index is 12.5. The topological polar surface area (TPSA) is 470 Å². The molecule has 0 bridgehead atoms. The fraction of sp³-hybridized carbons (Fsp3) is 0.0577. The van der Waals surface area contributed by atoms with Gasteiger partial charge in [0.2, 0.25) is 0 Å². The highest BCUT2D eigenvalue weighted by Gasteiger charge is 2.20. The number of Topliss-reactive ketones (excluding diaryl/α,β-unsaturated/α-hetero) is 2. The maximum Gasteiger partial charge on any atom is 0.338 e. The number of ketones is 2. The predicted molar refractivity (Wildman–Crippen MR) is 576 cm³/mol. The summed E-state index contributed by atoms with van der Waals surface area (Å²) in [6, 6.07) is 76.3. The summed E-state index contributed by atoms with van der Waals surface area (Å²) in [5, 5.41) is 47.5. The smallest absolute Gasteiger partial charge is 0.338 e. The van der Waals surface area contributed by atoms with Gasteiger partial charge in [0.15, 0.2) is 37.2 Å². The molecule has 36 nitrogen and oxygen atoms in total. The van der Waals surface area contributed by atoms with Crippen molar-refractivity contribution in [1.29, 1.82) is 0 Å². The first kappa shape index (κ1) is 101. The number of aromatic nitrogens is 16. The van der Waals surface area contributed by atoms with E-state index in [-0.39, 0.29) is 40.1 Å². The van der Waals surface area contributed by atoms with Crippen molar-refractivity contribution in [2.45, 2.75) is 20.8 Å². The highest BCUT2D eigenvalue weighted by Crippen LogP contribution is 2.34. The maximum absolute atomic E-state index is 12.5. The summed E-state index contributed by atoms with van der Waals surface area (Å²) in [4.78, 5) is 124. The summed E-state index contributed by atoms with van der Waals surface area (Å²) < 4.78 is 21.4. The molecule has 730 valence electrons. The molecule has 16 heterocycles. The van der Waals surface area contributed by atoms with Gasteiger partial charge in [-0.1, -0.05) is 64.5 Å². The normalized spacial score (nSPS) is 10.6. The van der Waals surface area contributed by atoms with Crippen molar-refractivity contribution in [3.05, 3.63) is 390 Å². The summed E-state index contributed by atoms with van der Waals surface area (Å²) in [5.74, 6) is -2.27. The number of hydrogen-bond acceptors (Lipinski definition) is 30. The molecule has 0 aliphatic carbocycles. The van der Waals surface area contributed by atoms with Crippen molar-refractivity contribution >= 4 is 214 Å². The number of halogens is 1. The Hall–Kier alpha value is -18.2. The second-order valence-electron chi connectivity index (χ2n) is 30.8. The predicted octanol–water partition coefficient (Wildman–Crippen LogP) is 21.6. The van der Waals surface area contributed by atoms with Gasteiger partial charge in [-0.2, -0.15) is 0 Å². The summed E-state index contributed by atoms with van der Waals surface area (Å²) in [6.07, 6.45) is 21.9. The number of thiocarbonyl (C=S) groups is 1. The molecule has 16 aromatic heterocycles. The number of pyridine rings is 6. The number of ether oxygens (including phenoxy) is 2. The number of fused-ring (bicyclic) bond motifs is 6. The third-order valence-corrected chi connectivity index (χ3v) is 24.8. The van der Waals surface area contributed by atoms with Gasteiger partial charge in [0, 0.05) is 105 Å². The van der Waals surface area contributed by atoms with Crippen LogP contribution in [0.15, 0.2) is 351 Å². The van der Waals surface area contributed by atoms with Gasteiger partial charge in [0.25, 0.3) is 11.8 Å². The first-order chi connectivity index (χ1) is 71.1. The summed E-state index contributed by atoms with van der Waals surface area (Å²) in [6.45, 7) is 5.82. The van der Waals surface area contributed by atoms with Crippen molar-refractivity contribution in [2.75, 3.05) is 56.2 Å². The largest absolute Gasteiger partial charge is 0.478 e. The number of aromatic carboxylic acids is 1. The molecule has 0 saturated heterocycles. The lowest BCUT2D eigenvalue weighted by Gasteiger charge is -2.08. The third-order valence-electron chi connectivity index (χ3n) is 21.1. The fourth-order valence-electron chi connectivity index (χ4n) is 14.1. The average Bonchev–Trinajstić information content (AvgIpc) is 1.66. The highest BCUT2D eigenvalue weighted by atomic mass is 79.9. The van der Waals surface area contributed by atoms with Gasteiger partial charge in [0.1, 0.15) is 68.0 Å². The number of nitrogens with two attached hydrogens (primary N) is 2. The molecular formula is C104H86BrN25O11S5. The van der Waals surface area contributed by atoms with Crippen LogP contribution in [-0.2, 0) is 9.47 Å². The van der Waals surface area contributed by atoms with E-state index in [1.54, 1.807) is 162 Å². The minimum Gasteiger partial charge on any atom is -0.478 e. The van der Waals surface area contributed by atoms with E-state index in [9.17, 15) is 33.6 Å². The molecule has 42 heteroatoms. The molecule has 0 radical (unpaired) electrons. The SMILES string of the molecule is CC(=O)c1cnc2ccccn12.CCOC(=O)c1ccc(NC(N)=S)cc1.CCOC(=O)c1ccc(Nc2nc(-c3cnc4ccccn34)cs2)cc1.Nc1ccccc1NC(=O)c1ccc(Nc2nc(-c3cnc4ccccn34)cs2)cc1.O=C(CBr)c1cnc2ccccn12.O=C(NO)c1ccc(Nc2nc(-c3cnc4ccccn34)cs2)cc1.O=C(O)c1ccc(Nc2nc(-c3cnc4ccccn34)cs2)cc1. The van der Waals surface area contributed by atoms with Crippen LogP contribution in [0.4, 0.5) is 60.3 Å². The molecule has 22 rings (SSSR count). The molecule has 2 amide bonds. The first-order valence-corrected chi connectivity index (χ1v) is 49.5. The van der Waals surface area contributed by atoms with Gasteiger partial charge in [-0.15, -0.1) is 45.3 Å². The Morgan fingerprint density at radius 1 is 0.370 bits per heavy atom. The first-order valence-electron chi connectivity index (χ1n) is 44.4. The summed E-state index contributed by atoms with van der Waals surface area (Å²) in [7, 11) is 0. The molecule has 22 aromatic rings. The molecule has 0 saturated carbocycles. The van der Waals surface area contributed by atoms with Crippen LogP contribution in [0.25, 0.3) is 79.4 Å². The van der Waals surface area contributed by atoms with Gasteiger partial charge >= 0.3 is 17.9 Å². The number of anilines is 11. The van der Waals surface area contributed by atoms with Crippen LogP contribution in [0.5, 0.6) is 0 Å². The fourth-order valence-corrected chi connectivity index (χ4v) is 17.4. The Morgan fingerprint density at radius 2 is 0.664 bits per heavy atom. The molecule has 0 aliphatic rings. The molecule has 0 atom stereocenters. The van der Waals surface area contributed by atoms with Gasteiger partial charge in [-0.05, 0) is 232 Å². The summed E-state index contributed by atoms with van der Waals surface area (Å²) in [5.41, 5.74) is 33.6. The number of hydrogen-bond donors (Lipinski definition) is 11. The number of thiazole rings is 4. The van der Waals surface area contributed by atoms with E-state index in [1.807, 2.05) is 234 Å². The van der Waals surface area contributed by atoms with Gasteiger partial charge in [0.05, 0.1) is 107 Å². The number of carbonyl (C=O) groups is 7. The van der Waals surface area contributed by atoms with Crippen molar-refractivity contribution in [1.82, 2.24) is 81.7 Å². The third kappa shape index (κ3) is 25.6. The van der Waals surface area contributed by atoms with Crippen LogP contribution in [-0.4, -0.2) is 152 Å². The van der Waals surface area contributed by atoms with Crippen molar-refractivity contribution in [2.24, 2.45) is 5.73 Å². The molecular weight excluding hydrogens is 2020 g/mol. The van der Waals surface area contributed by atoms with Crippen LogP contribution in [0.3, 0.4) is 0 Å². The molecule has 6 aromatic carbocycles. The minimum atomic E-state index is -0.939. The number of alkyl halides is 1. The lowest BCUT2D eigenvalue weighted by atomic mass is 10.2. The van der Waals surface area contributed by atoms with Crippen LogP contribution < -0.4 is 48.8 Å². The Bertz CT molecular complexity index is 8340. The van der Waals surface area contributed by atoms with Crippen LogP contribution in [0.1, 0.15) is 93.5 Å². The van der Waals surface area contributed by atoms with E-state index >= 15 is 0 Å². The summed E-state index contributed by atoms with van der Waals surface area (Å²) >= 11 is 13.8. The number of imidazole rings is 6. The Balaban J connectivity index is 0.000000125. The number of esters is 2. The monoisotopic (exact) mass is 2100 g/mol. The van der Waals surface area contributed by atoms with Crippen LogP contribution >= 0.6 is 73.5 Å². The molecule has 0 unspecified atom stereocenters. The number of nitrogens with zero attached hydrogens (tertiary/aromatic N) is 16. The lowest BCUT2D eigenvalue weighted by Crippen LogP contribution is -2.18. The van der Waals surface area contributed by atoms with E-state index < -0.39 is 11.9 Å². The standard InChI is InChI=1S/C23H18N6OS.C19H16N4O2S.C17H13N5O2S.C17H12N4O2S.C10H12N2O2S.C9H7BrN2O.C9H8N2O/c24-17-5-1-2-6-18(17)27-22(30)15-8-10-16(11-9-15)26-23-28-19(14-31-23)20-13-25-21-7-3-4-12-29(20)21;1-2-25-18(24)13-6-8-14(9-7-13)21-19-22-15(12-26-19)16-11-20-17-5-3-4-10-23(16)17;23-16(21-24)11-4-6-12(7-5-11)19-17-20-13(10-25-17)14-9-18-15-3-1-2-8-22(14)15;22-16(23)11-4-6-12(7-5-11)19-17-20-13(10-24-17)14-9-18-15-3-1-2-8-21(14)15;1-2-14-9(13)7-3-5-8(6-4-7)12-10(11)15;10-5-8(13)7-6-11-9-3-1-2-4-12(7)9;1-7(12)8-6-10-9-4-2-3-5-11(8)9/h1-14H,24H2,(H,26,28)(H,27,30);3-12H,2H2,1H3,(H,21,22);1-10,24H,(H,19,20)(H,21,23);1-10H,(H,19,20)(H,22,23);3-6H,2H2,1H3,(H3,11,12,15);1-4,6H,5H2;2-6H,1H3. The lowest BCUT2D eigenvalue weighted by molar-refractivity contribution is 0.0517. The number of hydroxylamine groups is 1. The molecule has 146 heavy (non-hydrogen) atoms. The molecule has 0 aliphatic heterocycles. The molecule has 0 spiro atoms. The Labute approximate surface area is 861 Å². The van der Waals surface area contributed by atoms with E-state index in [2.05, 4.69) is 110 Å². The number of nitrogen functional groups attached to an aromatic ring is 1. The number of nitrogens with one attached hydrogen (secondary N) is 7. The number of para-hydroxylation sites is 2. The number of carbonyl (C=O) groups excluding carboxylic acids is 6. The number of benzene rings is 6. The van der Waals surface area contributed by atoms with Crippen molar-refractivity contribution in [3.8, 4) is 45.6 Å². The van der Waals surface area contributed by atoms with E-state index in [1.165, 1.54) is 52.3 Å². The second kappa shape index (κ2) is 48.3. The number of carboxylic acid groups (broad SMARTS) is 1. The average molecular weight is 2100 g/mol. The van der Waals surface area contributed by atoms with Crippen LogP contribution in [0.2, 0.25) is 0 Å². The highest BCUT2D eigenvalue weighted by molar-refractivity contribution is 9.09. The van der Waals surface area contributed by atoms with Crippen molar-refractivity contribution in [3.63, 3.8) is 0 Å². The van der Waals surface area contributed by atoms with Crippen molar-refractivity contribution < 1.29 is 53.3 Å². The molecule has 13 N–H and O–H groups in total. The van der Waals surface area contributed by atoms with Gasteiger partial charge in [-0.3, -0.25) is 50.8 Å². The Morgan fingerprint density at radius 3 is 0.986 bits per heavy atom.